The number of hydrogen-bond donors (Lipinski definition) is 1. The number of carbonyl (C=O) groups is 1. The van der Waals surface area contributed by atoms with E-state index >= 15 is 0 Å². The molecule has 11 heteroatoms. The van der Waals surface area contributed by atoms with Crippen molar-refractivity contribution in [2.24, 2.45) is 0 Å². The highest BCUT2D eigenvalue weighted by Gasteiger charge is 2.23. The molecule has 0 aliphatic heterocycles. The lowest BCUT2D eigenvalue weighted by atomic mass is 9.96. The van der Waals surface area contributed by atoms with E-state index in [9.17, 15) is 13.2 Å². The Labute approximate surface area is 197 Å². The zero-order valence-electron chi connectivity index (χ0n) is 18.3. The first-order valence-electron chi connectivity index (χ1n) is 10.8. The minimum absolute atomic E-state index is 0.0977. The molecule has 1 fully saturated rings. The van der Waals surface area contributed by atoms with E-state index in [0.717, 1.165) is 25.7 Å². The topological polar surface area (TPSA) is 110 Å². The van der Waals surface area contributed by atoms with Crippen LogP contribution in [0.25, 0.3) is 0 Å². The van der Waals surface area contributed by atoms with Gasteiger partial charge in [-0.15, -0.1) is 5.10 Å². The normalized spacial score (nSPS) is 14.7. The molecule has 33 heavy (non-hydrogen) atoms. The number of carbonyl (C=O) groups excluding carboxylic acids is 1. The van der Waals surface area contributed by atoms with Gasteiger partial charge >= 0.3 is 0 Å². The molecule has 1 amide bonds. The first kappa shape index (κ1) is 23.2. The van der Waals surface area contributed by atoms with Crippen molar-refractivity contribution in [1.82, 2.24) is 20.2 Å². The Bertz CT molecular complexity index is 1190. The number of rotatable bonds is 8. The summed E-state index contributed by atoms with van der Waals surface area (Å²) in [6, 6.07) is 15.4. The molecule has 1 aliphatic carbocycles. The molecule has 1 heterocycles. The van der Waals surface area contributed by atoms with Gasteiger partial charge in [0, 0.05) is 12.7 Å². The summed E-state index contributed by atoms with van der Waals surface area (Å²) in [5, 5.41) is 15.4. The molecular weight excluding hydrogens is 460 g/mol. The fraction of sp³-hybridized carbons (Fsp3) is 0.364. The molecule has 1 N–H and O–H groups in total. The monoisotopic (exact) mass is 486 g/mol. The number of hydrogen-bond acceptors (Lipinski definition) is 7. The molecule has 0 spiro atoms. The van der Waals surface area contributed by atoms with Gasteiger partial charge in [-0.05, 0) is 53.6 Å². The van der Waals surface area contributed by atoms with E-state index in [1.165, 1.54) is 41.7 Å². The molecule has 0 unspecified atom stereocenters. The Morgan fingerprint density at radius 3 is 2.64 bits per heavy atom. The zero-order valence-corrected chi connectivity index (χ0v) is 19.9. The van der Waals surface area contributed by atoms with E-state index in [2.05, 4.69) is 20.8 Å². The Morgan fingerprint density at radius 2 is 1.88 bits per heavy atom. The number of aromatic nitrogens is 4. The third-order valence-corrected chi connectivity index (χ3v) is 8.33. The van der Waals surface area contributed by atoms with Crippen molar-refractivity contribution >= 4 is 39.1 Å². The summed E-state index contributed by atoms with van der Waals surface area (Å²) in [5.74, 6) is -0.141. The van der Waals surface area contributed by atoms with Crippen LogP contribution in [-0.4, -0.2) is 47.3 Å². The highest BCUT2D eigenvalue weighted by molar-refractivity contribution is 7.99. The highest BCUT2D eigenvalue weighted by atomic mass is 32.2. The lowest BCUT2D eigenvalue weighted by Crippen LogP contribution is -2.26. The van der Waals surface area contributed by atoms with Gasteiger partial charge in [-0.25, -0.2) is 13.1 Å². The minimum Gasteiger partial charge on any atom is -0.325 e. The number of sulfonamides is 1. The molecule has 2 aromatic carbocycles. The average Bonchev–Trinajstić information content (AvgIpc) is 3.32. The van der Waals surface area contributed by atoms with Gasteiger partial charge < -0.3 is 5.32 Å². The van der Waals surface area contributed by atoms with E-state index in [1.807, 2.05) is 10.7 Å². The van der Waals surface area contributed by atoms with E-state index in [4.69, 9.17) is 0 Å². The number of para-hydroxylation sites is 1. The molecule has 1 aromatic heterocycles. The van der Waals surface area contributed by atoms with Gasteiger partial charge in [-0.1, -0.05) is 55.3 Å². The van der Waals surface area contributed by atoms with Crippen molar-refractivity contribution in [3.05, 3.63) is 54.6 Å². The summed E-state index contributed by atoms with van der Waals surface area (Å²) in [6.45, 7) is 0. The van der Waals surface area contributed by atoms with E-state index in [0.29, 0.717) is 16.5 Å². The third-order valence-electron chi connectivity index (χ3n) is 5.61. The lowest BCUT2D eigenvalue weighted by molar-refractivity contribution is -0.113. The van der Waals surface area contributed by atoms with Gasteiger partial charge in [0.05, 0.1) is 22.4 Å². The lowest BCUT2D eigenvalue weighted by Gasteiger charge is -2.21. The van der Waals surface area contributed by atoms with Crippen LogP contribution in [0, 0.1) is 0 Å². The number of amides is 1. The second-order valence-corrected chi connectivity index (χ2v) is 10.8. The number of anilines is 2. The molecule has 174 valence electrons. The summed E-state index contributed by atoms with van der Waals surface area (Å²) in [5.41, 5.74) is 0.967. The largest absolute Gasteiger partial charge is 0.325 e. The standard InChI is InChI=1S/C22H26N6O3S2/c1-27(18-10-4-2-5-11-18)33(30,31)20-14-8-9-17(15-20)23-21(29)16-32-22-24-25-26-28(22)19-12-6-3-7-13-19/h2,4-5,8-11,14-15,19H,3,6-7,12-13,16H2,1H3,(H,23,29). The van der Waals surface area contributed by atoms with E-state index in [-0.39, 0.29) is 22.6 Å². The van der Waals surface area contributed by atoms with Crippen LogP contribution in [0.3, 0.4) is 0 Å². The summed E-state index contributed by atoms with van der Waals surface area (Å²) in [4.78, 5) is 12.6. The van der Waals surface area contributed by atoms with Gasteiger partial charge in [-0.2, -0.15) is 0 Å². The number of tetrazole rings is 1. The Kier molecular flexibility index (Phi) is 7.29. The van der Waals surface area contributed by atoms with Crippen molar-refractivity contribution in [2.45, 2.75) is 48.2 Å². The van der Waals surface area contributed by atoms with Crippen LogP contribution >= 0.6 is 11.8 Å². The predicted molar refractivity (Wildman–Crippen MR) is 128 cm³/mol. The maximum atomic E-state index is 13.0. The summed E-state index contributed by atoms with van der Waals surface area (Å²) < 4.78 is 29.1. The van der Waals surface area contributed by atoms with Crippen LogP contribution in [0.1, 0.15) is 38.1 Å². The van der Waals surface area contributed by atoms with Gasteiger partial charge in [0.15, 0.2) is 0 Å². The summed E-state index contributed by atoms with van der Waals surface area (Å²) in [7, 11) is -2.27. The molecule has 4 rings (SSSR count). The quantitative estimate of drug-likeness (QED) is 0.483. The van der Waals surface area contributed by atoms with Crippen molar-refractivity contribution < 1.29 is 13.2 Å². The van der Waals surface area contributed by atoms with Crippen LogP contribution in [0.4, 0.5) is 11.4 Å². The maximum absolute atomic E-state index is 13.0. The average molecular weight is 487 g/mol. The highest BCUT2D eigenvalue weighted by Crippen LogP contribution is 2.30. The van der Waals surface area contributed by atoms with Crippen molar-refractivity contribution in [3.8, 4) is 0 Å². The molecule has 0 saturated heterocycles. The third kappa shape index (κ3) is 5.53. The fourth-order valence-electron chi connectivity index (χ4n) is 3.83. The summed E-state index contributed by atoms with van der Waals surface area (Å²) >= 11 is 1.27. The molecule has 0 atom stereocenters. The number of benzene rings is 2. The maximum Gasteiger partial charge on any atom is 0.264 e. The van der Waals surface area contributed by atoms with E-state index in [1.54, 1.807) is 36.4 Å². The molecule has 3 aromatic rings. The molecule has 1 saturated carbocycles. The Balaban J connectivity index is 1.40. The zero-order chi connectivity index (χ0) is 23.3. The molecule has 9 nitrogen and oxygen atoms in total. The first-order valence-corrected chi connectivity index (χ1v) is 13.2. The molecule has 0 radical (unpaired) electrons. The van der Waals surface area contributed by atoms with Crippen molar-refractivity contribution in [1.29, 1.82) is 0 Å². The second-order valence-electron chi connectivity index (χ2n) is 7.87. The first-order chi connectivity index (χ1) is 15.9. The van der Waals surface area contributed by atoms with Gasteiger partial charge in [0.25, 0.3) is 10.0 Å². The van der Waals surface area contributed by atoms with Crippen LogP contribution in [0.5, 0.6) is 0 Å². The van der Waals surface area contributed by atoms with Crippen LogP contribution < -0.4 is 9.62 Å². The van der Waals surface area contributed by atoms with E-state index < -0.39 is 10.0 Å². The molecule has 0 bridgehead atoms. The smallest absolute Gasteiger partial charge is 0.264 e. The molecule has 1 aliphatic rings. The van der Waals surface area contributed by atoms with Crippen molar-refractivity contribution in [2.75, 3.05) is 22.4 Å². The van der Waals surface area contributed by atoms with Crippen molar-refractivity contribution in [3.63, 3.8) is 0 Å². The second kappa shape index (κ2) is 10.3. The van der Waals surface area contributed by atoms with Gasteiger partial charge in [0.1, 0.15) is 0 Å². The van der Waals surface area contributed by atoms with Gasteiger partial charge in [0.2, 0.25) is 11.1 Å². The Hall–Kier alpha value is -2.92. The Morgan fingerprint density at radius 1 is 1.12 bits per heavy atom. The SMILES string of the molecule is CN(c1ccccc1)S(=O)(=O)c1cccc(NC(=O)CSc2nnnn2C2CCCCC2)c1. The number of nitrogens with zero attached hydrogens (tertiary/aromatic N) is 5. The number of thioether (sulfide) groups is 1. The number of nitrogens with one attached hydrogen (secondary N) is 1. The van der Waals surface area contributed by atoms with Crippen LogP contribution in [-0.2, 0) is 14.8 Å². The summed E-state index contributed by atoms with van der Waals surface area (Å²) in [6.07, 6.45) is 5.65. The van der Waals surface area contributed by atoms with Crippen LogP contribution in [0.2, 0.25) is 0 Å². The predicted octanol–water partition coefficient (Wildman–Crippen LogP) is 3.73. The van der Waals surface area contributed by atoms with Gasteiger partial charge in [-0.3, -0.25) is 9.10 Å². The minimum atomic E-state index is -3.77. The fourth-order valence-corrected chi connectivity index (χ4v) is 5.82. The molecular formula is C22H26N6O3S2. The van der Waals surface area contributed by atoms with Crippen LogP contribution in [0.15, 0.2) is 64.6 Å².